The third-order valence-electron chi connectivity index (χ3n) is 4.35. The Kier molecular flexibility index (Phi) is 5.75. The van der Waals surface area contributed by atoms with E-state index in [9.17, 15) is 14.4 Å². The summed E-state index contributed by atoms with van der Waals surface area (Å²) < 4.78 is 0. The number of rotatable bonds is 5. The lowest BCUT2D eigenvalue weighted by Crippen LogP contribution is -2.46. The number of carbonyl (C=O) groups excluding carboxylic acids is 2. The summed E-state index contributed by atoms with van der Waals surface area (Å²) in [6.45, 7) is 0.574. The number of thiazole rings is 1. The predicted octanol–water partition coefficient (Wildman–Crippen LogP) is 0.995. The van der Waals surface area contributed by atoms with Gasteiger partial charge >= 0.3 is 5.97 Å². The summed E-state index contributed by atoms with van der Waals surface area (Å²) in [6.07, 6.45) is 5.88. The molecule has 1 unspecified atom stereocenters. The quantitative estimate of drug-likeness (QED) is 0.810. The van der Waals surface area contributed by atoms with Crippen LogP contribution in [0.3, 0.4) is 0 Å². The number of piperidine rings is 1. The average Bonchev–Trinajstić information content (AvgIpc) is 3.18. The topological polar surface area (TPSA) is 117 Å². The van der Waals surface area contributed by atoms with Gasteiger partial charge in [-0.3, -0.25) is 24.4 Å². The summed E-state index contributed by atoms with van der Waals surface area (Å²) >= 11 is 1.28. The molecule has 142 valence electrons. The van der Waals surface area contributed by atoms with Crippen molar-refractivity contribution in [2.75, 3.05) is 26.7 Å². The maximum absolute atomic E-state index is 12.5. The molecule has 3 rings (SSSR count). The number of hydrogen-bond donors (Lipinski definition) is 1. The highest BCUT2D eigenvalue weighted by atomic mass is 32.1. The molecule has 0 radical (unpaired) electrons. The summed E-state index contributed by atoms with van der Waals surface area (Å²) in [4.78, 5) is 51.3. The van der Waals surface area contributed by atoms with Gasteiger partial charge in [-0.25, -0.2) is 4.98 Å². The molecule has 0 aromatic carbocycles. The van der Waals surface area contributed by atoms with Crippen molar-refractivity contribution < 1.29 is 19.5 Å². The minimum absolute atomic E-state index is 0.122. The summed E-state index contributed by atoms with van der Waals surface area (Å²) in [7, 11) is 1.53. The molecule has 2 aromatic rings. The Morgan fingerprint density at radius 1 is 1.37 bits per heavy atom. The lowest BCUT2D eigenvalue weighted by molar-refractivity contribution is -0.145. The molecule has 0 aliphatic carbocycles. The van der Waals surface area contributed by atoms with E-state index in [0.717, 1.165) is 0 Å². The maximum atomic E-state index is 12.5. The highest BCUT2D eigenvalue weighted by molar-refractivity contribution is 7.13. The fourth-order valence-corrected chi connectivity index (χ4v) is 3.63. The standard InChI is InChI=1S/C17H19N5O4S/c1-21(9-14(23)22-6-2-3-11(8-22)17(25)26)16(24)13-10-27-15(20-13)12-7-18-4-5-19-12/h4-5,7,10-11H,2-3,6,8-9H2,1H3,(H,25,26). The van der Waals surface area contributed by atoms with Crippen molar-refractivity contribution in [2.45, 2.75) is 12.8 Å². The molecule has 0 spiro atoms. The van der Waals surface area contributed by atoms with Gasteiger partial charge in [0, 0.05) is 37.9 Å². The Labute approximate surface area is 159 Å². The normalized spacial score (nSPS) is 16.8. The van der Waals surface area contributed by atoms with E-state index in [2.05, 4.69) is 15.0 Å². The van der Waals surface area contributed by atoms with Crippen LogP contribution in [0, 0.1) is 5.92 Å². The second-order valence-electron chi connectivity index (χ2n) is 6.31. The third kappa shape index (κ3) is 4.45. The zero-order valence-corrected chi connectivity index (χ0v) is 15.6. The van der Waals surface area contributed by atoms with Gasteiger partial charge in [0.1, 0.15) is 16.4 Å². The molecule has 0 bridgehead atoms. The fourth-order valence-electron chi connectivity index (χ4n) is 2.87. The lowest BCUT2D eigenvalue weighted by Gasteiger charge is -2.31. The monoisotopic (exact) mass is 389 g/mol. The first-order valence-electron chi connectivity index (χ1n) is 8.43. The Bertz CT molecular complexity index is 841. The zero-order chi connectivity index (χ0) is 19.4. The number of amides is 2. The van der Waals surface area contributed by atoms with E-state index in [1.165, 1.54) is 28.2 Å². The number of likely N-dealkylation sites (N-methyl/N-ethyl adjacent to an activating group) is 1. The van der Waals surface area contributed by atoms with Gasteiger partial charge in [-0.15, -0.1) is 11.3 Å². The van der Waals surface area contributed by atoms with Crippen molar-refractivity contribution >= 4 is 29.1 Å². The largest absolute Gasteiger partial charge is 0.481 e. The van der Waals surface area contributed by atoms with Gasteiger partial charge in [0.25, 0.3) is 5.91 Å². The highest BCUT2D eigenvalue weighted by Gasteiger charge is 2.29. The Hall–Kier alpha value is -2.88. The number of likely N-dealkylation sites (tertiary alicyclic amines) is 1. The van der Waals surface area contributed by atoms with E-state index in [4.69, 9.17) is 5.11 Å². The van der Waals surface area contributed by atoms with E-state index in [-0.39, 0.29) is 30.6 Å². The van der Waals surface area contributed by atoms with Gasteiger partial charge in [0.05, 0.1) is 18.7 Å². The number of aromatic nitrogens is 3. The summed E-state index contributed by atoms with van der Waals surface area (Å²) in [5.41, 5.74) is 0.811. The zero-order valence-electron chi connectivity index (χ0n) is 14.7. The number of nitrogens with zero attached hydrogens (tertiary/aromatic N) is 5. The van der Waals surface area contributed by atoms with Crippen LogP contribution < -0.4 is 0 Å². The van der Waals surface area contributed by atoms with Gasteiger partial charge in [-0.2, -0.15) is 0 Å². The first-order chi connectivity index (χ1) is 13.0. The molecule has 0 saturated carbocycles. The van der Waals surface area contributed by atoms with E-state index in [1.54, 1.807) is 24.0 Å². The van der Waals surface area contributed by atoms with Crippen molar-refractivity contribution in [2.24, 2.45) is 5.92 Å². The Morgan fingerprint density at radius 3 is 2.89 bits per heavy atom. The molecular weight excluding hydrogens is 370 g/mol. The number of aliphatic carboxylic acids is 1. The van der Waals surface area contributed by atoms with Crippen LogP contribution in [-0.4, -0.2) is 74.3 Å². The number of hydrogen-bond acceptors (Lipinski definition) is 7. The van der Waals surface area contributed by atoms with Gasteiger partial charge < -0.3 is 14.9 Å². The van der Waals surface area contributed by atoms with Crippen molar-refractivity contribution in [1.82, 2.24) is 24.8 Å². The molecule has 1 aliphatic heterocycles. The average molecular weight is 389 g/mol. The van der Waals surface area contributed by atoms with Crippen LogP contribution >= 0.6 is 11.3 Å². The lowest BCUT2D eigenvalue weighted by atomic mass is 9.98. The van der Waals surface area contributed by atoms with Gasteiger partial charge in [0.15, 0.2) is 0 Å². The third-order valence-corrected chi connectivity index (χ3v) is 5.21. The minimum Gasteiger partial charge on any atom is -0.481 e. The first kappa shape index (κ1) is 18.9. The van der Waals surface area contributed by atoms with Gasteiger partial charge in [-0.1, -0.05) is 0 Å². The van der Waals surface area contributed by atoms with Crippen molar-refractivity contribution in [3.63, 3.8) is 0 Å². The van der Waals surface area contributed by atoms with Crippen LogP contribution in [0.5, 0.6) is 0 Å². The highest BCUT2D eigenvalue weighted by Crippen LogP contribution is 2.21. The van der Waals surface area contributed by atoms with Crippen molar-refractivity contribution in [3.8, 4) is 10.7 Å². The Balaban J connectivity index is 1.61. The maximum Gasteiger partial charge on any atom is 0.308 e. The molecule has 3 heterocycles. The number of carboxylic acid groups (broad SMARTS) is 1. The van der Waals surface area contributed by atoms with Crippen LogP contribution in [0.15, 0.2) is 24.0 Å². The Morgan fingerprint density at radius 2 is 2.19 bits per heavy atom. The van der Waals surface area contributed by atoms with Crippen LogP contribution in [0.25, 0.3) is 10.7 Å². The second kappa shape index (κ2) is 8.21. The molecule has 1 saturated heterocycles. The van der Waals surface area contributed by atoms with E-state index >= 15 is 0 Å². The van der Waals surface area contributed by atoms with Crippen LogP contribution in [0.2, 0.25) is 0 Å². The fraction of sp³-hybridized carbons (Fsp3) is 0.412. The number of carbonyl (C=O) groups is 3. The van der Waals surface area contributed by atoms with E-state index in [1.807, 2.05) is 0 Å². The van der Waals surface area contributed by atoms with E-state index in [0.29, 0.717) is 30.1 Å². The molecule has 1 aliphatic rings. The van der Waals surface area contributed by atoms with E-state index < -0.39 is 11.9 Å². The molecule has 1 fully saturated rings. The number of carboxylic acids is 1. The predicted molar refractivity (Wildman–Crippen MR) is 97.0 cm³/mol. The van der Waals surface area contributed by atoms with Crippen LogP contribution in [0.1, 0.15) is 23.3 Å². The van der Waals surface area contributed by atoms with Gasteiger partial charge in [-0.05, 0) is 12.8 Å². The molecule has 10 heteroatoms. The molecule has 27 heavy (non-hydrogen) atoms. The minimum atomic E-state index is -0.893. The molecule has 9 nitrogen and oxygen atoms in total. The molecule has 2 amide bonds. The first-order valence-corrected chi connectivity index (χ1v) is 9.31. The summed E-state index contributed by atoms with van der Waals surface area (Å²) in [5.74, 6) is -2.07. The van der Waals surface area contributed by atoms with Crippen molar-refractivity contribution in [1.29, 1.82) is 0 Å². The molecule has 2 aromatic heterocycles. The van der Waals surface area contributed by atoms with Crippen molar-refractivity contribution in [3.05, 3.63) is 29.7 Å². The summed E-state index contributed by atoms with van der Waals surface area (Å²) in [6, 6.07) is 0. The molecule has 1 atom stereocenters. The smallest absolute Gasteiger partial charge is 0.308 e. The van der Waals surface area contributed by atoms with Crippen LogP contribution in [0.4, 0.5) is 0 Å². The van der Waals surface area contributed by atoms with Crippen LogP contribution in [-0.2, 0) is 9.59 Å². The molecular formula is C17H19N5O4S. The second-order valence-corrected chi connectivity index (χ2v) is 7.17. The van der Waals surface area contributed by atoms with Gasteiger partial charge in [0.2, 0.25) is 5.91 Å². The molecule has 1 N–H and O–H groups in total. The SMILES string of the molecule is CN(CC(=O)N1CCCC(C(=O)O)C1)C(=O)c1csc(-c2cnccn2)n1. The summed E-state index contributed by atoms with van der Waals surface area (Å²) in [5, 5.41) is 11.3.